The summed E-state index contributed by atoms with van der Waals surface area (Å²) in [7, 11) is -3.31. The summed E-state index contributed by atoms with van der Waals surface area (Å²) < 4.78 is 29.5. The molecule has 0 aromatic carbocycles. The highest BCUT2D eigenvalue weighted by molar-refractivity contribution is 7.92. The number of morpholine rings is 1. The molecule has 0 N–H and O–H groups in total. The third-order valence-electron chi connectivity index (χ3n) is 4.73. The highest BCUT2D eigenvalue weighted by Gasteiger charge is 2.38. The summed E-state index contributed by atoms with van der Waals surface area (Å²) in [4.78, 5) is 16.6. The van der Waals surface area contributed by atoms with E-state index < -0.39 is 9.84 Å². The van der Waals surface area contributed by atoms with E-state index in [0.29, 0.717) is 25.0 Å². The van der Waals surface area contributed by atoms with Crippen LogP contribution in [0.4, 0.5) is 0 Å². The summed E-state index contributed by atoms with van der Waals surface area (Å²) in [6, 6.07) is 0.334. The van der Waals surface area contributed by atoms with Crippen molar-refractivity contribution >= 4 is 15.7 Å². The zero-order valence-electron chi connectivity index (χ0n) is 14.5. The predicted octanol–water partition coefficient (Wildman–Crippen LogP) is 0.626. The molecule has 2 saturated heterocycles. The Labute approximate surface area is 140 Å². The van der Waals surface area contributed by atoms with E-state index in [1.807, 2.05) is 13.8 Å². The zero-order valence-corrected chi connectivity index (χ0v) is 15.3. The lowest BCUT2D eigenvalue weighted by Crippen LogP contribution is -2.47. The number of carbonyl (C=O) groups excluding carboxylic acids is 1. The number of likely N-dealkylation sites (tertiary alicyclic amines) is 1. The smallest absolute Gasteiger partial charge is 0.237 e. The molecular weight excluding hydrogens is 316 g/mol. The van der Waals surface area contributed by atoms with Crippen LogP contribution in [0.15, 0.2) is 0 Å². The fourth-order valence-electron chi connectivity index (χ4n) is 3.63. The van der Waals surface area contributed by atoms with E-state index in [9.17, 15) is 13.2 Å². The minimum absolute atomic E-state index is 0.0517. The van der Waals surface area contributed by atoms with Crippen molar-refractivity contribution in [2.75, 3.05) is 50.9 Å². The van der Waals surface area contributed by atoms with Crippen LogP contribution in [0.25, 0.3) is 0 Å². The molecule has 2 fully saturated rings. The van der Waals surface area contributed by atoms with Crippen molar-refractivity contribution in [3.8, 4) is 0 Å². The van der Waals surface area contributed by atoms with Crippen molar-refractivity contribution in [1.82, 2.24) is 9.80 Å². The average molecular weight is 346 g/mol. The van der Waals surface area contributed by atoms with Crippen molar-refractivity contribution in [2.24, 2.45) is 11.8 Å². The molecule has 134 valence electrons. The Bertz CT molecular complexity index is 500. The van der Waals surface area contributed by atoms with Crippen LogP contribution in [0.3, 0.4) is 0 Å². The molecule has 0 radical (unpaired) electrons. The second-order valence-corrected chi connectivity index (χ2v) is 9.24. The highest BCUT2D eigenvalue weighted by atomic mass is 32.2. The Hall–Kier alpha value is -0.660. The van der Waals surface area contributed by atoms with Crippen LogP contribution in [-0.2, 0) is 19.4 Å². The maximum absolute atomic E-state index is 12.4. The Morgan fingerprint density at radius 3 is 2.43 bits per heavy atom. The van der Waals surface area contributed by atoms with Gasteiger partial charge < -0.3 is 9.64 Å². The third-order valence-corrected chi connectivity index (χ3v) is 6.59. The van der Waals surface area contributed by atoms with E-state index in [0.717, 1.165) is 32.7 Å². The maximum atomic E-state index is 12.4. The van der Waals surface area contributed by atoms with Gasteiger partial charge in [-0.05, 0) is 11.8 Å². The van der Waals surface area contributed by atoms with E-state index in [4.69, 9.17) is 4.74 Å². The summed E-state index contributed by atoms with van der Waals surface area (Å²) >= 11 is 0. The lowest BCUT2D eigenvalue weighted by atomic mass is 9.99. The number of rotatable bonds is 6. The van der Waals surface area contributed by atoms with Crippen LogP contribution in [0.5, 0.6) is 0 Å². The lowest BCUT2D eigenvalue weighted by molar-refractivity contribution is -0.127. The minimum atomic E-state index is -3.31. The van der Waals surface area contributed by atoms with Gasteiger partial charge in [0, 0.05) is 32.2 Å². The summed E-state index contributed by atoms with van der Waals surface area (Å²) in [5.74, 6) is -0.0331. The van der Waals surface area contributed by atoms with Gasteiger partial charge in [-0.2, -0.15) is 0 Å². The molecule has 0 spiro atoms. The van der Waals surface area contributed by atoms with E-state index in [-0.39, 0.29) is 23.3 Å². The Kier molecular flexibility index (Phi) is 6.45. The quantitative estimate of drug-likeness (QED) is 0.706. The highest BCUT2D eigenvalue weighted by Crippen LogP contribution is 2.26. The molecule has 2 unspecified atom stereocenters. The Morgan fingerprint density at radius 1 is 1.22 bits per heavy atom. The molecule has 2 atom stereocenters. The first-order valence-corrected chi connectivity index (χ1v) is 10.4. The lowest BCUT2D eigenvalue weighted by Gasteiger charge is -2.34. The fraction of sp³-hybridized carbons (Fsp3) is 0.938. The van der Waals surface area contributed by atoms with Gasteiger partial charge in [0.15, 0.2) is 9.84 Å². The van der Waals surface area contributed by atoms with E-state index >= 15 is 0 Å². The van der Waals surface area contributed by atoms with E-state index in [1.165, 1.54) is 0 Å². The molecule has 0 aliphatic carbocycles. The Morgan fingerprint density at radius 2 is 1.87 bits per heavy atom. The molecule has 0 bridgehead atoms. The van der Waals surface area contributed by atoms with Crippen LogP contribution in [0.1, 0.15) is 27.2 Å². The summed E-state index contributed by atoms with van der Waals surface area (Å²) in [5.41, 5.74) is 0. The van der Waals surface area contributed by atoms with Crippen molar-refractivity contribution in [2.45, 2.75) is 33.2 Å². The molecule has 1 amide bonds. The normalized spacial score (nSPS) is 26.9. The van der Waals surface area contributed by atoms with Crippen molar-refractivity contribution < 1.29 is 17.9 Å². The van der Waals surface area contributed by atoms with Gasteiger partial charge >= 0.3 is 0 Å². The fourth-order valence-corrected chi connectivity index (χ4v) is 5.32. The summed E-state index contributed by atoms with van der Waals surface area (Å²) in [6.45, 7) is 10.5. The summed E-state index contributed by atoms with van der Waals surface area (Å²) in [6.07, 6.45) is 1.00. The van der Waals surface area contributed by atoms with Gasteiger partial charge in [-0.1, -0.05) is 27.2 Å². The molecule has 2 aliphatic rings. The molecule has 23 heavy (non-hydrogen) atoms. The number of ether oxygens (including phenoxy) is 1. The Balaban J connectivity index is 1.96. The van der Waals surface area contributed by atoms with Gasteiger partial charge in [0.25, 0.3) is 0 Å². The second kappa shape index (κ2) is 7.94. The molecule has 2 heterocycles. The van der Waals surface area contributed by atoms with Gasteiger partial charge in [0.1, 0.15) is 5.75 Å². The maximum Gasteiger partial charge on any atom is 0.237 e. The number of nitrogens with zero attached hydrogens (tertiary/aromatic N) is 2. The van der Waals surface area contributed by atoms with Gasteiger partial charge in [-0.3, -0.25) is 9.69 Å². The number of carbonyl (C=O) groups is 1. The standard InChI is InChI=1S/C16H30N2O4S/c1-4-14-9-18(10-15(14)17-5-7-22-8-6-17)16(19)12-23(20,21)11-13(2)3/h13-15H,4-12H2,1-3H3. The first-order valence-electron chi connectivity index (χ1n) is 8.62. The van der Waals surface area contributed by atoms with Crippen LogP contribution < -0.4 is 0 Å². The first-order chi connectivity index (χ1) is 10.8. The van der Waals surface area contributed by atoms with Crippen LogP contribution in [0, 0.1) is 11.8 Å². The van der Waals surface area contributed by atoms with Gasteiger partial charge in [-0.25, -0.2) is 8.42 Å². The van der Waals surface area contributed by atoms with Crippen LogP contribution in [-0.4, -0.2) is 81.1 Å². The molecule has 6 nitrogen and oxygen atoms in total. The second-order valence-electron chi connectivity index (χ2n) is 7.13. The first kappa shape index (κ1) is 18.7. The molecule has 0 aromatic rings. The minimum Gasteiger partial charge on any atom is -0.379 e. The van der Waals surface area contributed by atoms with Gasteiger partial charge in [-0.15, -0.1) is 0 Å². The number of hydrogen-bond donors (Lipinski definition) is 0. The van der Waals surface area contributed by atoms with Crippen LogP contribution >= 0.6 is 0 Å². The molecule has 7 heteroatoms. The largest absolute Gasteiger partial charge is 0.379 e. The molecule has 2 rings (SSSR count). The predicted molar refractivity (Wildman–Crippen MR) is 90.0 cm³/mol. The topological polar surface area (TPSA) is 66.9 Å². The van der Waals surface area contributed by atoms with Crippen molar-refractivity contribution in [1.29, 1.82) is 0 Å². The average Bonchev–Trinajstić information content (AvgIpc) is 2.90. The molecule has 0 saturated carbocycles. The van der Waals surface area contributed by atoms with E-state index in [2.05, 4.69) is 11.8 Å². The number of sulfone groups is 1. The SMILES string of the molecule is CCC1CN(C(=O)CS(=O)(=O)CC(C)C)CC1N1CCOCC1. The van der Waals surface area contributed by atoms with Crippen molar-refractivity contribution in [3.05, 3.63) is 0 Å². The van der Waals surface area contributed by atoms with Gasteiger partial charge in [0.05, 0.1) is 19.0 Å². The number of amides is 1. The number of hydrogen-bond acceptors (Lipinski definition) is 5. The van der Waals surface area contributed by atoms with Crippen LogP contribution in [0.2, 0.25) is 0 Å². The van der Waals surface area contributed by atoms with Crippen molar-refractivity contribution in [3.63, 3.8) is 0 Å². The zero-order chi connectivity index (χ0) is 17.0. The molecule has 0 aromatic heterocycles. The third kappa shape index (κ3) is 5.16. The molecule has 2 aliphatic heterocycles. The van der Waals surface area contributed by atoms with Gasteiger partial charge in [0.2, 0.25) is 5.91 Å². The summed E-state index contributed by atoms with van der Waals surface area (Å²) in [5, 5.41) is 0. The van der Waals surface area contributed by atoms with E-state index in [1.54, 1.807) is 4.90 Å². The monoisotopic (exact) mass is 346 g/mol. The molecular formula is C16H30N2O4S.